The number of para-hydroxylation sites is 1. The van der Waals surface area contributed by atoms with Gasteiger partial charge in [0, 0.05) is 13.6 Å². The summed E-state index contributed by atoms with van der Waals surface area (Å²) in [6.45, 7) is 4.71. The number of hydrogen-bond acceptors (Lipinski definition) is 5. The molecular formula is C17H22N4O3S. The Labute approximate surface area is 150 Å². The molecule has 3 amide bonds. The van der Waals surface area contributed by atoms with Crippen molar-refractivity contribution >= 4 is 34.6 Å². The fourth-order valence-electron chi connectivity index (χ4n) is 2.20. The van der Waals surface area contributed by atoms with Crippen LogP contribution >= 0.6 is 11.8 Å². The van der Waals surface area contributed by atoms with Crippen molar-refractivity contribution in [3.05, 3.63) is 34.6 Å². The third kappa shape index (κ3) is 5.06. The van der Waals surface area contributed by atoms with E-state index in [1.165, 1.54) is 7.05 Å². The second-order valence-electron chi connectivity index (χ2n) is 5.97. The largest absolute Gasteiger partial charge is 0.341 e. The second-order valence-corrected chi connectivity index (χ2v) is 6.91. The molecule has 7 nitrogen and oxygen atoms in total. The van der Waals surface area contributed by atoms with Crippen molar-refractivity contribution in [3.8, 4) is 0 Å². The fraction of sp³-hybridized carbons (Fsp3) is 0.412. The van der Waals surface area contributed by atoms with Crippen LogP contribution in [0.3, 0.4) is 0 Å². The van der Waals surface area contributed by atoms with Crippen LogP contribution in [-0.2, 0) is 11.3 Å². The molecule has 2 rings (SSSR count). The summed E-state index contributed by atoms with van der Waals surface area (Å²) in [6, 6.07) is 6.60. The Morgan fingerprint density at radius 3 is 2.68 bits per heavy atom. The Morgan fingerprint density at radius 2 is 2.00 bits per heavy atom. The van der Waals surface area contributed by atoms with Crippen molar-refractivity contribution in [1.82, 2.24) is 20.2 Å². The van der Waals surface area contributed by atoms with E-state index in [0.29, 0.717) is 28.5 Å². The maximum Gasteiger partial charge on any atom is 0.321 e. The molecular weight excluding hydrogens is 340 g/mol. The molecule has 0 saturated heterocycles. The number of hydrogen-bond donors (Lipinski definition) is 2. The molecule has 2 N–H and O–H groups in total. The van der Waals surface area contributed by atoms with Crippen molar-refractivity contribution in [2.75, 3.05) is 12.8 Å². The molecule has 0 bridgehead atoms. The smallest absolute Gasteiger partial charge is 0.321 e. The first-order chi connectivity index (χ1) is 11.9. The minimum absolute atomic E-state index is 0.000120. The fourth-order valence-corrected chi connectivity index (χ4v) is 3.02. The first-order valence-electron chi connectivity index (χ1n) is 8.06. The van der Waals surface area contributed by atoms with E-state index in [2.05, 4.69) is 29.5 Å². The zero-order chi connectivity index (χ0) is 18.4. The van der Waals surface area contributed by atoms with Crippen LogP contribution in [0.15, 0.2) is 34.2 Å². The number of nitrogens with one attached hydrogen (secondary N) is 2. The Hall–Kier alpha value is -2.35. The molecule has 0 unspecified atom stereocenters. The Bertz CT molecular complexity index is 832. The van der Waals surface area contributed by atoms with Gasteiger partial charge >= 0.3 is 6.03 Å². The normalized spacial score (nSPS) is 10.9. The van der Waals surface area contributed by atoms with E-state index >= 15 is 0 Å². The molecule has 0 aliphatic rings. The van der Waals surface area contributed by atoms with Gasteiger partial charge in [0.05, 0.1) is 16.7 Å². The van der Waals surface area contributed by atoms with Crippen LogP contribution in [0.25, 0.3) is 10.9 Å². The molecule has 0 atom stereocenters. The number of amides is 3. The van der Waals surface area contributed by atoms with Crippen LogP contribution in [0.5, 0.6) is 0 Å². The van der Waals surface area contributed by atoms with Crippen LogP contribution in [-0.4, -0.2) is 34.3 Å². The third-order valence-electron chi connectivity index (χ3n) is 3.57. The molecule has 0 fully saturated rings. The number of benzene rings is 1. The molecule has 134 valence electrons. The first kappa shape index (κ1) is 19.0. The van der Waals surface area contributed by atoms with Gasteiger partial charge < -0.3 is 5.32 Å². The lowest BCUT2D eigenvalue weighted by molar-refractivity contribution is -0.117. The van der Waals surface area contributed by atoms with Crippen molar-refractivity contribution < 1.29 is 9.59 Å². The predicted molar refractivity (Wildman–Crippen MR) is 98.8 cm³/mol. The number of thioether (sulfide) groups is 1. The number of nitrogens with zero attached hydrogens (tertiary/aromatic N) is 2. The Morgan fingerprint density at radius 1 is 1.28 bits per heavy atom. The summed E-state index contributed by atoms with van der Waals surface area (Å²) in [5, 5.41) is 5.56. The summed E-state index contributed by atoms with van der Waals surface area (Å²) < 4.78 is 1.61. The zero-order valence-electron chi connectivity index (χ0n) is 14.5. The van der Waals surface area contributed by atoms with Gasteiger partial charge in [0.2, 0.25) is 5.91 Å². The van der Waals surface area contributed by atoms with Gasteiger partial charge in [0.25, 0.3) is 5.56 Å². The maximum absolute atomic E-state index is 12.8. The van der Waals surface area contributed by atoms with E-state index in [1.807, 2.05) is 12.1 Å². The van der Waals surface area contributed by atoms with Gasteiger partial charge in [-0.1, -0.05) is 37.7 Å². The summed E-state index contributed by atoms with van der Waals surface area (Å²) in [5.41, 5.74) is 0.489. The van der Waals surface area contributed by atoms with Gasteiger partial charge in [-0.15, -0.1) is 0 Å². The van der Waals surface area contributed by atoms with Crippen molar-refractivity contribution in [2.45, 2.75) is 32.0 Å². The minimum Gasteiger partial charge on any atom is -0.341 e. The number of fused-ring (bicyclic) bond motifs is 1. The summed E-state index contributed by atoms with van der Waals surface area (Å²) in [5.74, 6) is -0.00481. The minimum atomic E-state index is -0.561. The summed E-state index contributed by atoms with van der Waals surface area (Å²) >= 11 is 1.15. The molecule has 0 aliphatic heterocycles. The molecule has 1 aromatic heterocycles. The Balaban J connectivity index is 2.29. The second kappa shape index (κ2) is 8.66. The molecule has 0 saturated carbocycles. The van der Waals surface area contributed by atoms with E-state index in [9.17, 15) is 14.4 Å². The van der Waals surface area contributed by atoms with E-state index in [-0.39, 0.29) is 11.3 Å². The average Bonchev–Trinajstić information content (AvgIpc) is 2.59. The predicted octanol–water partition coefficient (Wildman–Crippen LogP) is 1.99. The lowest BCUT2D eigenvalue weighted by atomic mass is 10.1. The van der Waals surface area contributed by atoms with E-state index in [1.54, 1.807) is 16.7 Å². The highest BCUT2D eigenvalue weighted by atomic mass is 32.2. The van der Waals surface area contributed by atoms with Crippen LogP contribution in [0, 0.1) is 5.92 Å². The zero-order valence-corrected chi connectivity index (χ0v) is 15.4. The van der Waals surface area contributed by atoms with E-state index in [4.69, 9.17) is 0 Å². The number of carbonyl (C=O) groups is 2. The standard InChI is InChI=1S/C17H22N4O3S/c1-11(2)8-9-21-15(23)12-6-4-5-7-13(12)19-17(21)25-10-14(22)20-16(24)18-3/h4-7,11H,8-10H2,1-3H3,(H2,18,20,22,24). The van der Waals surface area contributed by atoms with Crippen LogP contribution in [0.2, 0.25) is 0 Å². The SMILES string of the molecule is CNC(=O)NC(=O)CSc1nc2ccccc2c(=O)n1CCC(C)C. The number of imide groups is 1. The molecule has 0 aliphatic carbocycles. The summed E-state index contributed by atoms with van der Waals surface area (Å²) in [6.07, 6.45) is 0.831. The topological polar surface area (TPSA) is 93.1 Å². The van der Waals surface area contributed by atoms with E-state index in [0.717, 1.165) is 18.2 Å². The van der Waals surface area contributed by atoms with Gasteiger partial charge in [0.1, 0.15) is 0 Å². The summed E-state index contributed by atoms with van der Waals surface area (Å²) in [4.78, 5) is 40.3. The van der Waals surface area contributed by atoms with Crippen LogP contribution < -0.4 is 16.2 Å². The highest BCUT2D eigenvalue weighted by Crippen LogP contribution is 2.18. The molecule has 2 aromatic rings. The molecule has 8 heteroatoms. The van der Waals surface area contributed by atoms with Crippen molar-refractivity contribution in [3.63, 3.8) is 0 Å². The van der Waals surface area contributed by atoms with Gasteiger partial charge in [-0.2, -0.15) is 0 Å². The highest BCUT2D eigenvalue weighted by Gasteiger charge is 2.14. The van der Waals surface area contributed by atoms with Crippen molar-refractivity contribution in [2.24, 2.45) is 5.92 Å². The molecule has 25 heavy (non-hydrogen) atoms. The van der Waals surface area contributed by atoms with Crippen LogP contribution in [0.1, 0.15) is 20.3 Å². The highest BCUT2D eigenvalue weighted by molar-refractivity contribution is 7.99. The molecule has 1 heterocycles. The van der Waals surface area contributed by atoms with Crippen LogP contribution in [0.4, 0.5) is 4.79 Å². The third-order valence-corrected chi connectivity index (χ3v) is 4.55. The van der Waals surface area contributed by atoms with Gasteiger partial charge in [0.15, 0.2) is 5.16 Å². The van der Waals surface area contributed by atoms with Gasteiger partial charge in [-0.3, -0.25) is 19.5 Å². The van der Waals surface area contributed by atoms with Crippen molar-refractivity contribution in [1.29, 1.82) is 0 Å². The molecule has 1 aromatic carbocycles. The number of rotatable bonds is 6. The number of aromatic nitrogens is 2. The average molecular weight is 362 g/mol. The Kier molecular flexibility index (Phi) is 6.58. The van der Waals surface area contributed by atoms with Gasteiger partial charge in [-0.05, 0) is 24.5 Å². The number of carbonyl (C=O) groups excluding carboxylic acids is 2. The first-order valence-corrected chi connectivity index (χ1v) is 9.05. The monoisotopic (exact) mass is 362 g/mol. The van der Waals surface area contributed by atoms with Gasteiger partial charge in [-0.25, -0.2) is 9.78 Å². The molecule has 0 radical (unpaired) electrons. The van der Waals surface area contributed by atoms with E-state index < -0.39 is 11.9 Å². The number of urea groups is 1. The summed E-state index contributed by atoms with van der Waals surface area (Å²) in [7, 11) is 1.43. The lowest BCUT2D eigenvalue weighted by Gasteiger charge is -2.14. The maximum atomic E-state index is 12.8. The quantitative estimate of drug-likeness (QED) is 0.605. The molecule has 0 spiro atoms. The lowest BCUT2D eigenvalue weighted by Crippen LogP contribution is -2.38.